The Balaban J connectivity index is 1.35. The number of amides is 3. The molecule has 1 fully saturated rings. The minimum Gasteiger partial charge on any atom is -0.493 e. The highest BCUT2D eigenvalue weighted by atomic mass is 16.5. The smallest absolute Gasteiger partial charge is 0.325 e. The zero-order valence-corrected chi connectivity index (χ0v) is 19.3. The van der Waals surface area contributed by atoms with Crippen molar-refractivity contribution in [3.8, 4) is 5.75 Å². The number of ketones is 1. The quantitative estimate of drug-likeness (QED) is 0.452. The van der Waals surface area contributed by atoms with Crippen LogP contribution in [-0.4, -0.2) is 40.3 Å². The van der Waals surface area contributed by atoms with Gasteiger partial charge in [0.1, 0.15) is 5.75 Å². The number of hydrogen-bond acceptors (Lipinski definition) is 4. The van der Waals surface area contributed by atoms with E-state index in [1.807, 2.05) is 50.2 Å². The number of nitrogens with zero attached hydrogens (tertiary/aromatic N) is 2. The van der Waals surface area contributed by atoms with Crippen LogP contribution in [0.5, 0.6) is 5.75 Å². The van der Waals surface area contributed by atoms with E-state index in [4.69, 9.17) is 4.74 Å². The van der Waals surface area contributed by atoms with Gasteiger partial charge in [0.05, 0.1) is 13.2 Å². The molecule has 1 saturated heterocycles. The van der Waals surface area contributed by atoms with Gasteiger partial charge in [-0.1, -0.05) is 48.5 Å². The predicted molar refractivity (Wildman–Crippen MR) is 127 cm³/mol. The van der Waals surface area contributed by atoms with Crippen molar-refractivity contribution in [1.29, 1.82) is 0 Å². The summed E-state index contributed by atoms with van der Waals surface area (Å²) < 4.78 is 7.79. The fourth-order valence-electron chi connectivity index (χ4n) is 5.06. The standard InChI is InChI=1S/C27H27N3O4/c1-18-16-21(19(2)29(18)14-12-20-8-4-3-5-9-20)23(31)17-30-25(32)27(28-26(30)33)13-15-34-24-11-7-6-10-22(24)27/h3-11,16H,12-15,17H2,1-2H3,(H,28,33)/t27-/m1/s1. The molecule has 1 spiro atoms. The van der Waals surface area contributed by atoms with Crippen LogP contribution in [0.25, 0.3) is 0 Å². The highest BCUT2D eigenvalue weighted by Crippen LogP contribution is 2.41. The van der Waals surface area contributed by atoms with Gasteiger partial charge in [-0.15, -0.1) is 0 Å². The van der Waals surface area contributed by atoms with E-state index < -0.39 is 17.5 Å². The van der Waals surface area contributed by atoms with Crippen molar-refractivity contribution in [2.45, 2.75) is 38.8 Å². The second kappa shape index (κ2) is 8.48. The van der Waals surface area contributed by atoms with Gasteiger partial charge in [0.25, 0.3) is 5.91 Å². The molecule has 0 unspecified atom stereocenters. The van der Waals surface area contributed by atoms with Crippen molar-refractivity contribution in [2.75, 3.05) is 13.2 Å². The summed E-state index contributed by atoms with van der Waals surface area (Å²) in [6.45, 7) is 4.65. The lowest BCUT2D eigenvalue weighted by Crippen LogP contribution is -2.47. The molecule has 3 amide bonds. The van der Waals surface area contributed by atoms with Crippen LogP contribution in [0.3, 0.4) is 0 Å². The highest BCUT2D eigenvalue weighted by molar-refractivity contribution is 6.12. The Morgan fingerprint density at radius 3 is 2.59 bits per heavy atom. The highest BCUT2D eigenvalue weighted by Gasteiger charge is 2.55. The number of Topliss-reactive ketones (excluding diaryl/α,β-unsaturated/α-hetero) is 1. The van der Waals surface area contributed by atoms with E-state index in [1.165, 1.54) is 5.56 Å². The SMILES string of the molecule is Cc1cc(C(=O)CN2C(=O)N[C@@]3(CCOc4ccccc43)C2=O)c(C)n1CCc1ccccc1. The normalized spacial score (nSPS) is 19.2. The number of carbonyl (C=O) groups is 3. The molecule has 0 radical (unpaired) electrons. The zero-order chi connectivity index (χ0) is 23.9. The van der Waals surface area contributed by atoms with Crippen LogP contribution < -0.4 is 10.1 Å². The van der Waals surface area contributed by atoms with Crippen LogP contribution in [0.4, 0.5) is 4.79 Å². The summed E-state index contributed by atoms with van der Waals surface area (Å²) in [5, 5.41) is 2.85. The molecule has 174 valence electrons. The fraction of sp³-hybridized carbons (Fsp3) is 0.296. The van der Waals surface area contributed by atoms with E-state index >= 15 is 0 Å². The maximum atomic E-state index is 13.5. The van der Waals surface area contributed by atoms with Crippen LogP contribution in [0.2, 0.25) is 0 Å². The van der Waals surface area contributed by atoms with Gasteiger partial charge in [-0.05, 0) is 38.0 Å². The maximum absolute atomic E-state index is 13.5. The minimum atomic E-state index is -1.18. The molecular formula is C27H27N3O4. The largest absolute Gasteiger partial charge is 0.493 e. The van der Waals surface area contributed by atoms with Crippen LogP contribution in [0.1, 0.15) is 39.3 Å². The van der Waals surface area contributed by atoms with Gasteiger partial charge in [-0.3, -0.25) is 14.5 Å². The van der Waals surface area contributed by atoms with Crippen molar-refractivity contribution < 1.29 is 19.1 Å². The molecular weight excluding hydrogens is 430 g/mol. The molecule has 0 aliphatic carbocycles. The molecule has 1 aromatic heterocycles. The lowest BCUT2D eigenvalue weighted by Gasteiger charge is -2.33. The Kier molecular flexibility index (Phi) is 5.48. The molecule has 5 rings (SSSR count). The van der Waals surface area contributed by atoms with Gasteiger partial charge in [-0.2, -0.15) is 0 Å². The van der Waals surface area contributed by atoms with E-state index in [1.54, 1.807) is 12.1 Å². The van der Waals surface area contributed by atoms with Crippen LogP contribution in [-0.2, 0) is 23.3 Å². The first-order chi connectivity index (χ1) is 16.4. The Hall–Kier alpha value is -3.87. The van der Waals surface area contributed by atoms with E-state index in [2.05, 4.69) is 22.0 Å². The summed E-state index contributed by atoms with van der Waals surface area (Å²) in [4.78, 5) is 40.6. The number of nitrogens with one attached hydrogen (secondary N) is 1. The monoisotopic (exact) mass is 457 g/mol. The molecule has 3 heterocycles. The number of ether oxygens (including phenoxy) is 1. The summed E-state index contributed by atoms with van der Waals surface area (Å²) in [5.41, 5.74) is 3.04. The van der Waals surface area contributed by atoms with Gasteiger partial charge in [0.15, 0.2) is 11.3 Å². The number of para-hydroxylation sites is 1. The summed E-state index contributed by atoms with van der Waals surface area (Å²) >= 11 is 0. The van der Waals surface area contributed by atoms with Crippen molar-refractivity contribution in [3.63, 3.8) is 0 Å². The molecule has 2 aliphatic heterocycles. The summed E-state index contributed by atoms with van der Waals surface area (Å²) in [5.74, 6) is -0.0722. The molecule has 0 saturated carbocycles. The van der Waals surface area contributed by atoms with Crippen molar-refractivity contribution in [2.24, 2.45) is 0 Å². The van der Waals surface area contributed by atoms with E-state index in [0.29, 0.717) is 29.9 Å². The molecule has 2 aliphatic rings. The minimum absolute atomic E-state index is 0.250. The first-order valence-electron chi connectivity index (χ1n) is 11.5. The molecule has 7 heteroatoms. The lowest BCUT2D eigenvalue weighted by atomic mass is 9.84. The summed E-state index contributed by atoms with van der Waals surface area (Å²) in [7, 11) is 0. The van der Waals surface area contributed by atoms with Gasteiger partial charge < -0.3 is 14.6 Å². The Labute approximate surface area is 198 Å². The van der Waals surface area contributed by atoms with Gasteiger partial charge in [0.2, 0.25) is 0 Å². The number of benzene rings is 2. The average molecular weight is 458 g/mol. The number of fused-ring (bicyclic) bond motifs is 2. The fourth-order valence-corrected chi connectivity index (χ4v) is 5.06. The van der Waals surface area contributed by atoms with Crippen LogP contribution >= 0.6 is 0 Å². The number of aromatic nitrogens is 1. The summed E-state index contributed by atoms with van der Waals surface area (Å²) in [6.07, 6.45) is 1.18. The molecule has 2 aromatic carbocycles. The third-order valence-corrected chi connectivity index (χ3v) is 6.90. The third kappa shape index (κ3) is 3.57. The molecule has 3 aromatic rings. The molecule has 7 nitrogen and oxygen atoms in total. The predicted octanol–water partition coefficient (Wildman–Crippen LogP) is 3.76. The van der Waals surface area contributed by atoms with Gasteiger partial charge >= 0.3 is 6.03 Å². The molecule has 0 bridgehead atoms. The maximum Gasteiger partial charge on any atom is 0.325 e. The Morgan fingerprint density at radius 1 is 1.06 bits per heavy atom. The lowest BCUT2D eigenvalue weighted by molar-refractivity contribution is -0.132. The number of carbonyl (C=O) groups excluding carboxylic acids is 3. The average Bonchev–Trinajstić information content (AvgIpc) is 3.26. The van der Waals surface area contributed by atoms with Crippen molar-refractivity contribution >= 4 is 17.7 Å². The van der Waals surface area contributed by atoms with E-state index in [9.17, 15) is 14.4 Å². The Bertz CT molecular complexity index is 1280. The first kappa shape index (κ1) is 21.9. The number of aryl methyl sites for hydroxylation is 2. The third-order valence-electron chi connectivity index (χ3n) is 6.90. The topological polar surface area (TPSA) is 80.6 Å². The molecule has 34 heavy (non-hydrogen) atoms. The second-order valence-corrected chi connectivity index (χ2v) is 8.92. The van der Waals surface area contributed by atoms with Crippen LogP contribution in [0, 0.1) is 13.8 Å². The van der Waals surface area contributed by atoms with E-state index in [-0.39, 0.29) is 12.3 Å². The molecule has 1 atom stereocenters. The number of urea groups is 1. The van der Waals surface area contributed by atoms with Crippen LogP contribution in [0.15, 0.2) is 60.7 Å². The zero-order valence-electron chi connectivity index (χ0n) is 19.3. The summed E-state index contributed by atoms with van der Waals surface area (Å²) in [6, 6.07) is 18.7. The van der Waals surface area contributed by atoms with E-state index in [0.717, 1.165) is 29.3 Å². The Morgan fingerprint density at radius 2 is 1.79 bits per heavy atom. The van der Waals surface area contributed by atoms with Gasteiger partial charge in [0, 0.05) is 35.5 Å². The number of imide groups is 1. The van der Waals surface area contributed by atoms with Crippen molar-refractivity contribution in [1.82, 2.24) is 14.8 Å². The number of rotatable bonds is 6. The second-order valence-electron chi connectivity index (χ2n) is 8.92. The number of hydrogen-bond donors (Lipinski definition) is 1. The van der Waals surface area contributed by atoms with Gasteiger partial charge in [-0.25, -0.2) is 4.79 Å². The molecule has 1 N–H and O–H groups in total. The first-order valence-corrected chi connectivity index (χ1v) is 11.5. The van der Waals surface area contributed by atoms with Crippen molar-refractivity contribution in [3.05, 3.63) is 88.7 Å².